The standard InChI is InChI=1S/C12H15N3O2/c1-8-3-4-9(17-8)7-14-12-10(13)5-6-11(15-12)16-2/h3-6H,7,13H2,1-2H3,(H,14,15). The highest BCUT2D eigenvalue weighted by molar-refractivity contribution is 5.61. The van der Waals surface area contributed by atoms with E-state index in [0.717, 1.165) is 11.5 Å². The van der Waals surface area contributed by atoms with Crippen molar-refractivity contribution in [1.82, 2.24) is 4.98 Å². The van der Waals surface area contributed by atoms with Crippen LogP contribution in [-0.2, 0) is 6.54 Å². The summed E-state index contributed by atoms with van der Waals surface area (Å²) in [5, 5.41) is 3.11. The molecule has 0 amide bonds. The van der Waals surface area contributed by atoms with Gasteiger partial charge in [-0.2, -0.15) is 4.98 Å². The number of hydrogen-bond donors (Lipinski definition) is 2. The van der Waals surface area contributed by atoms with Crippen molar-refractivity contribution < 1.29 is 9.15 Å². The number of nitrogens with zero attached hydrogens (tertiary/aromatic N) is 1. The van der Waals surface area contributed by atoms with Gasteiger partial charge in [0.05, 0.1) is 19.3 Å². The Bertz CT molecular complexity index is 508. The quantitative estimate of drug-likeness (QED) is 0.846. The van der Waals surface area contributed by atoms with Crippen molar-refractivity contribution in [1.29, 1.82) is 0 Å². The number of ether oxygens (including phenoxy) is 1. The highest BCUT2D eigenvalue weighted by atomic mass is 16.5. The normalized spacial score (nSPS) is 10.2. The molecule has 0 saturated carbocycles. The zero-order valence-electron chi connectivity index (χ0n) is 9.86. The van der Waals surface area contributed by atoms with Crippen LogP contribution in [0.1, 0.15) is 11.5 Å². The van der Waals surface area contributed by atoms with Crippen molar-refractivity contribution in [2.75, 3.05) is 18.2 Å². The molecule has 0 aliphatic rings. The molecule has 2 rings (SSSR count). The van der Waals surface area contributed by atoms with Crippen molar-refractivity contribution in [3.8, 4) is 5.88 Å². The molecule has 2 heterocycles. The number of aryl methyl sites for hydroxylation is 1. The summed E-state index contributed by atoms with van der Waals surface area (Å²) in [7, 11) is 1.57. The summed E-state index contributed by atoms with van der Waals surface area (Å²) in [4.78, 5) is 4.21. The summed E-state index contributed by atoms with van der Waals surface area (Å²) in [6.07, 6.45) is 0. The molecular formula is C12H15N3O2. The fourth-order valence-corrected chi connectivity index (χ4v) is 1.46. The van der Waals surface area contributed by atoms with Gasteiger partial charge < -0.3 is 20.2 Å². The summed E-state index contributed by atoms with van der Waals surface area (Å²) < 4.78 is 10.5. The molecule has 0 bridgehead atoms. The highest BCUT2D eigenvalue weighted by Gasteiger charge is 2.04. The molecule has 90 valence electrons. The third-order valence-electron chi connectivity index (χ3n) is 2.34. The number of aromatic nitrogens is 1. The highest BCUT2D eigenvalue weighted by Crippen LogP contribution is 2.20. The predicted molar refractivity (Wildman–Crippen MR) is 66.0 cm³/mol. The second-order valence-corrected chi connectivity index (χ2v) is 3.66. The van der Waals surface area contributed by atoms with Gasteiger partial charge in [-0.05, 0) is 25.1 Å². The Labute approximate surface area is 99.6 Å². The second kappa shape index (κ2) is 4.78. The van der Waals surface area contributed by atoms with Crippen LogP contribution in [0.25, 0.3) is 0 Å². The minimum absolute atomic E-state index is 0.525. The van der Waals surface area contributed by atoms with E-state index in [4.69, 9.17) is 14.9 Å². The molecule has 0 unspecified atom stereocenters. The van der Waals surface area contributed by atoms with E-state index in [2.05, 4.69) is 10.3 Å². The van der Waals surface area contributed by atoms with Crippen LogP contribution >= 0.6 is 0 Å². The van der Waals surface area contributed by atoms with Gasteiger partial charge in [-0.3, -0.25) is 0 Å². The van der Waals surface area contributed by atoms with Crippen LogP contribution in [0.4, 0.5) is 11.5 Å². The molecule has 0 aromatic carbocycles. The van der Waals surface area contributed by atoms with Gasteiger partial charge in [-0.25, -0.2) is 0 Å². The molecule has 0 atom stereocenters. The van der Waals surface area contributed by atoms with Crippen molar-refractivity contribution >= 4 is 11.5 Å². The third kappa shape index (κ3) is 2.69. The minimum Gasteiger partial charge on any atom is -0.481 e. The zero-order chi connectivity index (χ0) is 12.3. The molecule has 0 aliphatic carbocycles. The van der Waals surface area contributed by atoms with Crippen molar-refractivity contribution in [2.45, 2.75) is 13.5 Å². The van der Waals surface area contributed by atoms with Crippen LogP contribution in [0, 0.1) is 6.92 Å². The maximum atomic E-state index is 5.80. The van der Waals surface area contributed by atoms with E-state index in [1.165, 1.54) is 0 Å². The fraction of sp³-hybridized carbons (Fsp3) is 0.250. The molecule has 5 nitrogen and oxygen atoms in total. The molecule has 5 heteroatoms. The largest absolute Gasteiger partial charge is 0.481 e. The van der Waals surface area contributed by atoms with E-state index < -0.39 is 0 Å². The fourth-order valence-electron chi connectivity index (χ4n) is 1.46. The Morgan fingerprint density at radius 1 is 1.35 bits per heavy atom. The lowest BCUT2D eigenvalue weighted by Crippen LogP contribution is -2.04. The lowest BCUT2D eigenvalue weighted by atomic mass is 10.3. The topological polar surface area (TPSA) is 73.3 Å². The summed E-state index contributed by atoms with van der Waals surface area (Å²) in [6, 6.07) is 7.30. The van der Waals surface area contributed by atoms with Gasteiger partial charge in [0.15, 0.2) is 5.82 Å². The molecule has 0 radical (unpaired) electrons. The van der Waals surface area contributed by atoms with Crippen LogP contribution in [0.3, 0.4) is 0 Å². The summed E-state index contributed by atoms with van der Waals surface area (Å²) in [5.74, 6) is 2.84. The summed E-state index contributed by atoms with van der Waals surface area (Å²) >= 11 is 0. The van der Waals surface area contributed by atoms with Gasteiger partial charge >= 0.3 is 0 Å². The van der Waals surface area contributed by atoms with E-state index in [1.807, 2.05) is 19.1 Å². The molecule has 2 aromatic heterocycles. The van der Waals surface area contributed by atoms with Gasteiger partial charge in [0.2, 0.25) is 5.88 Å². The van der Waals surface area contributed by atoms with Gasteiger partial charge in [0, 0.05) is 6.07 Å². The number of nitrogens with two attached hydrogens (primary N) is 1. The molecule has 3 N–H and O–H groups in total. The van der Waals surface area contributed by atoms with Gasteiger partial charge in [0.25, 0.3) is 0 Å². The first-order valence-corrected chi connectivity index (χ1v) is 5.28. The third-order valence-corrected chi connectivity index (χ3v) is 2.34. The Morgan fingerprint density at radius 3 is 2.82 bits per heavy atom. The Hall–Kier alpha value is -2.17. The Morgan fingerprint density at radius 2 is 2.18 bits per heavy atom. The smallest absolute Gasteiger partial charge is 0.215 e. The molecular weight excluding hydrogens is 218 g/mol. The first-order chi connectivity index (χ1) is 8.19. The average molecular weight is 233 g/mol. The SMILES string of the molecule is COc1ccc(N)c(NCc2ccc(C)o2)n1. The molecule has 2 aromatic rings. The molecule has 0 fully saturated rings. The van der Waals surface area contributed by atoms with E-state index in [1.54, 1.807) is 19.2 Å². The summed E-state index contributed by atoms with van der Waals surface area (Å²) in [6.45, 7) is 2.44. The van der Waals surface area contributed by atoms with E-state index in [0.29, 0.717) is 23.9 Å². The lowest BCUT2D eigenvalue weighted by molar-refractivity contribution is 0.398. The molecule has 17 heavy (non-hydrogen) atoms. The Balaban J connectivity index is 2.07. The molecule has 0 aliphatic heterocycles. The Kier molecular flexibility index (Phi) is 3.18. The maximum Gasteiger partial charge on any atom is 0.215 e. The number of rotatable bonds is 4. The first-order valence-electron chi connectivity index (χ1n) is 5.28. The lowest BCUT2D eigenvalue weighted by Gasteiger charge is -2.08. The second-order valence-electron chi connectivity index (χ2n) is 3.66. The van der Waals surface area contributed by atoms with E-state index >= 15 is 0 Å². The van der Waals surface area contributed by atoms with E-state index in [-0.39, 0.29) is 0 Å². The van der Waals surface area contributed by atoms with Crippen molar-refractivity contribution in [3.63, 3.8) is 0 Å². The van der Waals surface area contributed by atoms with E-state index in [9.17, 15) is 0 Å². The van der Waals surface area contributed by atoms with Crippen LogP contribution in [-0.4, -0.2) is 12.1 Å². The summed E-state index contributed by atoms with van der Waals surface area (Å²) in [5.41, 5.74) is 6.38. The number of pyridine rings is 1. The van der Waals surface area contributed by atoms with Crippen LogP contribution < -0.4 is 15.8 Å². The first kappa shape index (κ1) is 11.3. The van der Waals surface area contributed by atoms with Gasteiger partial charge in [-0.15, -0.1) is 0 Å². The number of nitrogens with one attached hydrogen (secondary N) is 1. The van der Waals surface area contributed by atoms with Crippen LogP contribution in [0.2, 0.25) is 0 Å². The maximum absolute atomic E-state index is 5.80. The number of nitrogen functional groups attached to an aromatic ring is 1. The molecule has 0 spiro atoms. The zero-order valence-corrected chi connectivity index (χ0v) is 9.86. The predicted octanol–water partition coefficient (Wildman–Crippen LogP) is 2.19. The minimum atomic E-state index is 0.525. The van der Waals surface area contributed by atoms with Gasteiger partial charge in [0.1, 0.15) is 11.5 Å². The van der Waals surface area contributed by atoms with Crippen LogP contribution in [0.15, 0.2) is 28.7 Å². The number of methoxy groups -OCH3 is 1. The number of furan rings is 1. The van der Waals surface area contributed by atoms with Crippen molar-refractivity contribution in [3.05, 3.63) is 35.8 Å². The van der Waals surface area contributed by atoms with Crippen LogP contribution in [0.5, 0.6) is 5.88 Å². The average Bonchev–Trinajstić information content (AvgIpc) is 2.74. The number of hydrogen-bond acceptors (Lipinski definition) is 5. The monoisotopic (exact) mass is 233 g/mol. The van der Waals surface area contributed by atoms with Gasteiger partial charge in [-0.1, -0.05) is 0 Å². The number of anilines is 2. The van der Waals surface area contributed by atoms with Crippen molar-refractivity contribution in [2.24, 2.45) is 0 Å². The molecule has 0 saturated heterocycles.